The van der Waals surface area contributed by atoms with E-state index in [1.807, 2.05) is 18.2 Å². The summed E-state index contributed by atoms with van der Waals surface area (Å²) in [6.07, 6.45) is 0. The molecule has 0 spiro atoms. The number of halogens is 1. The van der Waals surface area contributed by atoms with E-state index < -0.39 is 0 Å². The van der Waals surface area contributed by atoms with Gasteiger partial charge in [-0.1, -0.05) is 18.1 Å². The molecule has 2 nitrogen and oxygen atoms in total. The zero-order valence-corrected chi connectivity index (χ0v) is 9.96. The molecule has 1 amide bonds. The highest BCUT2D eigenvalue weighted by Crippen LogP contribution is 2.10. The van der Waals surface area contributed by atoms with Crippen LogP contribution < -0.4 is 5.32 Å². The first-order chi connectivity index (χ1) is 6.75. The van der Waals surface area contributed by atoms with Gasteiger partial charge in [0.15, 0.2) is 0 Å². The first-order valence-electron chi connectivity index (χ1n) is 4.18. The van der Waals surface area contributed by atoms with E-state index in [1.165, 1.54) is 0 Å². The average molecular weight is 299 g/mol. The molecule has 14 heavy (non-hydrogen) atoms. The van der Waals surface area contributed by atoms with E-state index in [1.54, 1.807) is 13.0 Å². The number of carbonyl (C=O) groups is 1. The van der Waals surface area contributed by atoms with Crippen LogP contribution in [0.3, 0.4) is 0 Å². The molecule has 3 heteroatoms. The van der Waals surface area contributed by atoms with Crippen molar-refractivity contribution in [3.63, 3.8) is 0 Å². The Bertz CT molecular complexity index is 390. The van der Waals surface area contributed by atoms with E-state index in [4.69, 9.17) is 0 Å². The van der Waals surface area contributed by atoms with Crippen LogP contribution in [0.15, 0.2) is 24.3 Å². The molecular formula is C11H10INO. The first kappa shape index (κ1) is 11.1. The summed E-state index contributed by atoms with van der Waals surface area (Å²) in [6.45, 7) is 2.15. The lowest BCUT2D eigenvalue weighted by molar-refractivity contribution is 0.0958. The minimum Gasteiger partial charge on any atom is -0.341 e. The molecule has 1 rings (SSSR count). The maximum atomic E-state index is 11.6. The monoisotopic (exact) mass is 299 g/mol. The zero-order chi connectivity index (χ0) is 10.4. The van der Waals surface area contributed by atoms with E-state index in [0.717, 1.165) is 3.57 Å². The standard InChI is InChI=1S/C11H10INO/c1-2-3-8-13-11(14)9-6-4-5-7-10(9)12/h4-7H,8H2,1H3,(H,13,14). The summed E-state index contributed by atoms with van der Waals surface area (Å²) in [4.78, 5) is 11.6. The fourth-order valence-corrected chi connectivity index (χ4v) is 1.59. The molecule has 72 valence electrons. The third-order valence-electron chi connectivity index (χ3n) is 1.63. The minimum atomic E-state index is -0.0715. The van der Waals surface area contributed by atoms with Gasteiger partial charge in [-0.15, -0.1) is 5.92 Å². The quantitative estimate of drug-likeness (QED) is 0.657. The van der Waals surface area contributed by atoms with E-state index >= 15 is 0 Å². The number of hydrogen-bond donors (Lipinski definition) is 1. The smallest absolute Gasteiger partial charge is 0.253 e. The minimum absolute atomic E-state index is 0.0715. The third-order valence-corrected chi connectivity index (χ3v) is 2.57. The van der Waals surface area contributed by atoms with Crippen molar-refractivity contribution in [1.29, 1.82) is 0 Å². The van der Waals surface area contributed by atoms with Crippen LogP contribution in [-0.2, 0) is 0 Å². The van der Waals surface area contributed by atoms with E-state index in [-0.39, 0.29) is 5.91 Å². The van der Waals surface area contributed by atoms with Crippen molar-refractivity contribution in [1.82, 2.24) is 5.32 Å². The van der Waals surface area contributed by atoms with Gasteiger partial charge >= 0.3 is 0 Å². The summed E-state index contributed by atoms with van der Waals surface area (Å²) in [7, 11) is 0. The van der Waals surface area contributed by atoms with Gasteiger partial charge in [0.2, 0.25) is 0 Å². The number of hydrogen-bond acceptors (Lipinski definition) is 1. The van der Waals surface area contributed by atoms with Crippen LogP contribution in [0.2, 0.25) is 0 Å². The van der Waals surface area contributed by atoms with Crippen molar-refractivity contribution >= 4 is 28.5 Å². The van der Waals surface area contributed by atoms with Gasteiger partial charge in [-0.05, 0) is 41.6 Å². The molecule has 0 bridgehead atoms. The lowest BCUT2D eigenvalue weighted by Gasteiger charge is -2.02. The first-order valence-corrected chi connectivity index (χ1v) is 5.26. The summed E-state index contributed by atoms with van der Waals surface area (Å²) in [5, 5.41) is 2.72. The molecule has 0 atom stereocenters. The number of amides is 1. The van der Waals surface area contributed by atoms with Gasteiger partial charge < -0.3 is 5.32 Å². The molecule has 0 saturated heterocycles. The van der Waals surface area contributed by atoms with Crippen molar-refractivity contribution in [2.75, 3.05) is 6.54 Å². The van der Waals surface area contributed by atoms with Crippen LogP contribution in [0.5, 0.6) is 0 Å². The summed E-state index contributed by atoms with van der Waals surface area (Å²) < 4.78 is 0.951. The van der Waals surface area contributed by atoms with Gasteiger partial charge in [-0.3, -0.25) is 4.79 Å². The Hall–Kier alpha value is -1.02. The highest BCUT2D eigenvalue weighted by molar-refractivity contribution is 14.1. The van der Waals surface area contributed by atoms with Gasteiger partial charge in [0.1, 0.15) is 0 Å². The largest absolute Gasteiger partial charge is 0.341 e. The van der Waals surface area contributed by atoms with E-state index in [9.17, 15) is 4.79 Å². The Kier molecular flexibility index (Phi) is 4.47. The topological polar surface area (TPSA) is 29.1 Å². The Balaban J connectivity index is 2.68. The van der Waals surface area contributed by atoms with Crippen molar-refractivity contribution in [3.8, 4) is 11.8 Å². The van der Waals surface area contributed by atoms with Crippen LogP contribution in [0.1, 0.15) is 17.3 Å². The van der Waals surface area contributed by atoms with E-state index in [2.05, 4.69) is 39.7 Å². The van der Waals surface area contributed by atoms with Gasteiger partial charge in [0.25, 0.3) is 5.91 Å². The van der Waals surface area contributed by atoms with Crippen molar-refractivity contribution in [2.45, 2.75) is 6.92 Å². The Morgan fingerprint density at radius 3 is 2.86 bits per heavy atom. The molecule has 1 aromatic rings. The summed E-state index contributed by atoms with van der Waals surface area (Å²) in [5.74, 6) is 5.43. The lowest BCUT2D eigenvalue weighted by atomic mass is 10.2. The lowest BCUT2D eigenvalue weighted by Crippen LogP contribution is -2.24. The molecule has 1 N–H and O–H groups in total. The molecule has 1 aromatic carbocycles. The molecule has 0 fully saturated rings. The second-order valence-corrected chi connectivity index (χ2v) is 3.75. The number of nitrogens with one attached hydrogen (secondary N) is 1. The fraction of sp³-hybridized carbons (Fsp3) is 0.182. The second kappa shape index (κ2) is 5.66. The molecule has 0 aliphatic heterocycles. The molecule has 0 radical (unpaired) electrons. The third kappa shape index (κ3) is 3.04. The van der Waals surface area contributed by atoms with Crippen molar-refractivity contribution in [3.05, 3.63) is 33.4 Å². The highest BCUT2D eigenvalue weighted by Gasteiger charge is 2.06. The van der Waals surface area contributed by atoms with Crippen LogP contribution >= 0.6 is 22.6 Å². The SMILES string of the molecule is CC#CCNC(=O)c1ccccc1I. The number of rotatable bonds is 2. The summed E-state index contributed by atoms with van der Waals surface area (Å²) in [6, 6.07) is 7.46. The van der Waals surface area contributed by atoms with Crippen LogP contribution in [-0.4, -0.2) is 12.5 Å². The Labute approximate surface area is 97.2 Å². The second-order valence-electron chi connectivity index (χ2n) is 2.59. The van der Waals surface area contributed by atoms with Crippen molar-refractivity contribution < 1.29 is 4.79 Å². The molecular weight excluding hydrogens is 289 g/mol. The normalized spacial score (nSPS) is 8.71. The van der Waals surface area contributed by atoms with Gasteiger partial charge in [0, 0.05) is 3.57 Å². The molecule has 0 aliphatic carbocycles. The van der Waals surface area contributed by atoms with Crippen LogP contribution in [0.25, 0.3) is 0 Å². The fourth-order valence-electron chi connectivity index (χ4n) is 0.953. The maximum absolute atomic E-state index is 11.6. The molecule has 0 heterocycles. The molecule has 0 aromatic heterocycles. The highest BCUT2D eigenvalue weighted by atomic mass is 127. The Morgan fingerprint density at radius 1 is 1.50 bits per heavy atom. The zero-order valence-electron chi connectivity index (χ0n) is 7.80. The summed E-state index contributed by atoms with van der Waals surface area (Å²) >= 11 is 2.14. The maximum Gasteiger partial charge on any atom is 0.253 e. The number of benzene rings is 1. The van der Waals surface area contributed by atoms with Crippen LogP contribution in [0, 0.1) is 15.4 Å². The summed E-state index contributed by atoms with van der Waals surface area (Å²) in [5.41, 5.74) is 0.700. The predicted molar refractivity (Wildman–Crippen MR) is 64.9 cm³/mol. The van der Waals surface area contributed by atoms with Gasteiger partial charge in [-0.2, -0.15) is 0 Å². The Morgan fingerprint density at radius 2 is 2.21 bits per heavy atom. The van der Waals surface area contributed by atoms with E-state index in [0.29, 0.717) is 12.1 Å². The van der Waals surface area contributed by atoms with Gasteiger partial charge in [0.05, 0.1) is 12.1 Å². The molecule has 0 aliphatic rings. The van der Waals surface area contributed by atoms with Gasteiger partial charge in [-0.25, -0.2) is 0 Å². The van der Waals surface area contributed by atoms with Crippen molar-refractivity contribution in [2.24, 2.45) is 0 Å². The van der Waals surface area contributed by atoms with Crippen LogP contribution in [0.4, 0.5) is 0 Å². The predicted octanol–water partition coefficient (Wildman–Crippen LogP) is 2.04. The average Bonchev–Trinajstić information content (AvgIpc) is 2.18. The number of carbonyl (C=O) groups excluding carboxylic acids is 1. The molecule has 0 saturated carbocycles. The molecule has 0 unspecified atom stereocenters.